The number of nitrogen functional groups attached to an aromatic ring is 1. The molecule has 0 bridgehead atoms. The van der Waals surface area contributed by atoms with E-state index in [9.17, 15) is 13.2 Å². The summed E-state index contributed by atoms with van der Waals surface area (Å²) in [5.41, 5.74) is 5.41. The minimum absolute atomic E-state index is 0.158. The van der Waals surface area contributed by atoms with Crippen molar-refractivity contribution in [2.24, 2.45) is 11.8 Å². The Morgan fingerprint density at radius 1 is 1.00 bits per heavy atom. The van der Waals surface area contributed by atoms with Crippen molar-refractivity contribution in [3.05, 3.63) is 23.8 Å². The molecule has 2 N–H and O–H groups in total. The number of hydrogen-bond donors (Lipinski definition) is 1. The summed E-state index contributed by atoms with van der Waals surface area (Å²) >= 11 is 0. The van der Waals surface area contributed by atoms with Gasteiger partial charge in [0, 0.05) is 30.5 Å². The number of rotatable bonds is 3. The van der Waals surface area contributed by atoms with Crippen LogP contribution in [0.2, 0.25) is 0 Å². The van der Waals surface area contributed by atoms with Crippen LogP contribution in [0.5, 0.6) is 0 Å². The van der Waals surface area contributed by atoms with Gasteiger partial charge in [-0.2, -0.15) is 13.2 Å². The highest BCUT2D eigenvalue weighted by molar-refractivity contribution is 5.61. The van der Waals surface area contributed by atoms with Crippen LogP contribution in [0.3, 0.4) is 0 Å². The first-order valence-electron chi connectivity index (χ1n) is 10.2. The number of benzene rings is 1. The minimum Gasteiger partial charge on any atom is -0.399 e. The number of piperidine rings is 1. The first kappa shape index (κ1) is 20.3. The maximum absolute atomic E-state index is 13.4. The van der Waals surface area contributed by atoms with Crippen molar-refractivity contribution in [2.45, 2.75) is 58.2 Å². The summed E-state index contributed by atoms with van der Waals surface area (Å²) in [5, 5.41) is 0. The summed E-state index contributed by atoms with van der Waals surface area (Å²) in [7, 11) is 0. The first-order chi connectivity index (χ1) is 12.8. The molecule has 2 aliphatic heterocycles. The number of nitrogens with zero attached hydrogens (tertiary/aromatic N) is 2. The third-order valence-electron chi connectivity index (χ3n) is 6.40. The van der Waals surface area contributed by atoms with Gasteiger partial charge in [-0.25, -0.2) is 0 Å². The van der Waals surface area contributed by atoms with E-state index in [1.165, 1.54) is 25.3 Å². The number of likely N-dealkylation sites (tertiary alicyclic amines) is 1. The van der Waals surface area contributed by atoms with Gasteiger partial charge in [-0.1, -0.05) is 13.8 Å². The fourth-order valence-electron chi connectivity index (χ4n) is 4.70. The Morgan fingerprint density at radius 2 is 1.70 bits per heavy atom. The average Bonchev–Trinajstić information content (AvgIpc) is 2.87. The molecule has 0 aliphatic carbocycles. The maximum atomic E-state index is 13.4. The predicted molar refractivity (Wildman–Crippen MR) is 105 cm³/mol. The monoisotopic (exact) mass is 383 g/mol. The van der Waals surface area contributed by atoms with E-state index in [0.717, 1.165) is 43.8 Å². The van der Waals surface area contributed by atoms with Crippen molar-refractivity contribution in [1.29, 1.82) is 0 Å². The smallest absolute Gasteiger partial charge is 0.399 e. The largest absolute Gasteiger partial charge is 0.418 e. The molecule has 1 unspecified atom stereocenters. The van der Waals surface area contributed by atoms with Crippen LogP contribution in [0.4, 0.5) is 24.5 Å². The summed E-state index contributed by atoms with van der Waals surface area (Å²) in [6.45, 7) is 8.21. The van der Waals surface area contributed by atoms with Crippen LogP contribution < -0.4 is 10.6 Å². The van der Waals surface area contributed by atoms with Crippen LogP contribution in [0.15, 0.2) is 18.2 Å². The Labute approximate surface area is 160 Å². The molecule has 2 fully saturated rings. The van der Waals surface area contributed by atoms with Gasteiger partial charge in [0.15, 0.2) is 0 Å². The number of hydrogen-bond acceptors (Lipinski definition) is 3. The van der Waals surface area contributed by atoms with Gasteiger partial charge in [0.1, 0.15) is 0 Å². The molecule has 2 heterocycles. The molecule has 0 saturated carbocycles. The lowest BCUT2D eigenvalue weighted by Crippen LogP contribution is -2.45. The summed E-state index contributed by atoms with van der Waals surface area (Å²) in [6.07, 6.45) is 1.25. The molecule has 152 valence electrons. The predicted octanol–water partition coefficient (Wildman–Crippen LogP) is 5.01. The first-order valence-corrected chi connectivity index (χ1v) is 10.2. The van der Waals surface area contributed by atoms with E-state index in [0.29, 0.717) is 19.1 Å². The second-order valence-electron chi connectivity index (χ2n) is 8.46. The molecule has 2 aliphatic rings. The fourth-order valence-corrected chi connectivity index (χ4v) is 4.70. The molecule has 3 rings (SSSR count). The van der Waals surface area contributed by atoms with Crippen molar-refractivity contribution in [3.8, 4) is 0 Å². The van der Waals surface area contributed by atoms with Gasteiger partial charge < -0.3 is 15.5 Å². The number of nitrogens with two attached hydrogens (primary N) is 1. The lowest BCUT2D eigenvalue weighted by atomic mass is 9.89. The zero-order valence-electron chi connectivity index (χ0n) is 16.4. The SMILES string of the molecule is CC(C)C1CCCN(C2CCN(c3ccc(N)cc3C(F)(F)F)CC2)CC1. The standard InChI is InChI=1S/C21H32F3N3/c1-15(2)16-4-3-10-26(11-7-16)18-8-12-27(13-9-18)20-6-5-17(25)14-19(20)21(22,23)24/h5-6,14-16,18H,3-4,7-13,25H2,1-2H3. The molecule has 1 aromatic carbocycles. The third-order valence-corrected chi connectivity index (χ3v) is 6.40. The topological polar surface area (TPSA) is 32.5 Å². The van der Waals surface area contributed by atoms with Crippen LogP contribution in [-0.2, 0) is 6.18 Å². The van der Waals surface area contributed by atoms with Gasteiger partial charge in [0.05, 0.1) is 5.56 Å². The van der Waals surface area contributed by atoms with Gasteiger partial charge in [0.25, 0.3) is 0 Å². The zero-order chi connectivity index (χ0) is 19.6. The van der Waals surface area contributed by atoms with E-state index < -0.39 is 11.7 Å². The summed E-state index contributed by atoms with van der Waals surface area (Å²) in [6, 6.07) is 4.65. The van der Waals surface area contributed by atoms with Gasteiger partial charge in [-0.05, 0) is 75.2 Å². The van der Waals surface area contributed by atoms with Crippen molar-refractivity contribution in [3.63, 3.8) is 0 Å². The molecule has 1 atom stereocenters. The van der Waals surface area contributed by atoms with Crippen LogP contribution in [0, 0.1) is 11.8 Å². The van der Waals surface area contributed by atoms with Gasteiger partial charge in [-0.3, -0.25) is 0 Å². The molecule has 0 aromatic heterocycles. The average molecular weight is 384 g/mol. The van der Waals surface area contributed by atoms with Crippen LogP contribution >= 0.6 is 0 Å². The van der Waals surface area contributed by atoms with E-state index in [1.807, 2.05) is 4.90 Å². The van der Waals surface area contributed by atoms with E-state index in [2.05, 4.69) is 18.7 Å². The van der Waals surface area contributed by atoms with Crippen molar-refractivity contribution >= 4 is 11.4 Å². The van der Waals surface area contributed by atoms with Crippen LogP contribution in [0.1, 0.15) is 51.5 Å². The number of halogens is 3. The van der Waals surface area contributed by atoms with E-state index in [-0.39, 0.29) is 11.4 Å². The molecule has 0 radical (unpaired) electrons. The lowest BCUT2D eigenvalue weighted by Gasteiger charge is -2.40. The Bertz CT molecular complexity index is 622. The number of anilines is 2. The molecule has 6 heteroatoms. The molecular formula is C21H32F3N3. The van der Waals surface area contributed by atoms with E-state index in [4.69, 9.17) is 5.73 Å². The summed E-state index contributed by atoms with van der Waals surface area (Å²) < 4.78 is 40.2. The van der Waals surface area contributed by atoms with Gasteiger partial charge in [-0.15, -0.1) is 0 Å². The Hall–Kier alpha value is -1.43. The van der Waals surface area contributed by atoms with E-state index >= 15 is 0 Å². The summed E-state index contributed by atoms with van der Waals surface area (Å²) in [4.78, 5) is 4.47. The van der Waals surface area contributed by atoms with Crippen molar-refractivity contribution in [2.75, 3.05) is 36.8 Å². The lowest BCUT2D eigenvalue weighted by molar-refractivity contribution is -0.137. The number of alkyl halides is 3. The third kappa shape index (κ3) is 4.89. The Morgan fingerprint density at radius 3 is 2.33 bits per heavy atom. The maximum Gasteiger partial charge on any atom is 0.418 e. The normalized spacial score (nSPS) is 23.6. The Kier molecular flexibility index (Phi) is 6.24. The second kappa shape index (κ2) is 8.29. The van der Waals surface area contributed by atoms with Gasteiger partial charge in [0.2, 0.25) is 0 Å². The molecule has 0 spiro atoms. The second-order valence-corrected chi connectivity index (χ2v) is 8.46. The molecule has 27 heavy (non-hydrogen) atoms. The molecule has 2 saturated heterocycles. The fraction of sp³-hybridized carbons (Fsp3) is 0.714. The molecule has 0 amide bonds. The highest BCUT2D eigenvalue weighted by atomic mass is 19.4. The van der Waals surface area contributed by atoms with Crippen LogP contribution in [0.25, 0.3) is 0 Å². The van der Waals surface area contributed by atoms with Crippen LogP contribution in [-0.4, -0.2) is 37.1 Å². The van der Waals surface area contributed by atoms with Gasteiger partial charge >= 0.3 is 6.18 Å². The van der Waals surface area contributed by atoms with Crippen molar-refractivity contribution in [1.82, 2.24) is 4.90 Å². The minimum atomic E-state index is -4.38. The molecular weight excluding hydrogens is 351 g/mol. The van der Waals surface area contributed by atoms with E-state index in [1.54, 1.807) is 6.07 Å². The highest BCUT2D eigenvalue weighted by Crippen LogP contribution is 2.39. The Balaban J connectivity index is 1.63. The molecule has 3 nitrogen and oxygen atoms in total. The summed E-state index contributed by atoms with van der Waals surface area (Å²) in [5.74, 6) is 1.54. The highest BCUT2D eigenvalue weighted by Gasteiger charge is 2.36. The molecule has 1 aromatic rings. The zero-order valence-corrected chi connectivity index (χ0v) is 16.4. The van der Waals surface area contributed by atoms with Crippen molar-refractivity contribution < 1.29 is 13.2 Å². The quantitative estimate of drug-likeness (QED) is 0.745.